The number of carboxylic acid groups (broad SMARTS) is 1. The zero-order valence-corrected chi connectivity index (χ0v) is 8.96. The van der Waals surface area contributed by atoms with Crippen molar-refractivity contribution >= 4 is 11.8 Å². The summed E-state index contributed by atoms with van der Waals surface area (Å²) in [5.41, 5.74) is -0.0680. The minimum atomic E-state index is -1.08. The second-order valence-corrected chi connectivity index (χ2v) is 3.35. The van der Waals surface area contributed by atoms with Crippen LogP contribution in [0.3, 0.4) is 0 Å². The van der Waals surface area contributed by atoms with Crippen molar-refractivity contribution in [3.8, 4) is 0 Å². The molecular formula is C11H11N3O3. The molecule has 0 aliphatic rings. The van der Waals surface area contributed by atoms with Gasteiger partial charge in [-0.05, 0) is 12.1 Å². The first-order valence-electron chi connectivity index (χ1n) is 5.07. The van der Waals surface area contributed by atoms with Crippen molar-refractivity contribution in [2.45, 2.75) is 6.42 Å². The zero-order valence-electron chi connectivity index (χ0n) is 8.96. The van der Waals surface area contributed by atoms with E-state index in [0.29, 0.717) is 12.4 Å². The van der Waals surface area contributed by atoms with Gasteiger partial charge in [-0.15, -0.1) is 0 Å². The first-order chi connectivity index (χ1) is 8.25. The number of aromatic nitrogens is 2. The largest absolute Gasteiger partial charge is 0.476 e. The van der Waals surface area contributed by atoms with E-state index in [-0.39, 0.29) is 5.69 Å². The summed E-state index contributed by atoms with van der Waals surface area (Å²) in [5, 5.41) is 11.7. The summed E-state index contributed by atoms with van der Waals surface area (Å²) >= 11 is 0. The molecule has 0 amide bonds. The molecule has 6 heteroatoms. The van der Waals surface area contributed by atoms with E-state index in [2.05, 4.69) is 15.3 Å². The number of hydrogen-bond donors (Lipinski definition) is 2. The molecule has 2 heterocycles. The van der Waals surface area contributed by atoms with E-state index in [1.165, 1.54) is 12.4 Å². The molecule has 2 N–H and O–H groups in total. The van der Waals surface area contributed by atoms with Crippen molar-refractivity contribution in [1.29, 1.82) is 0 Å². The van der Waals surface area contributed by atoms with Crippen LogP contribution in [0.5, 0.6) is 0 Å². The number of furan rings is 1. The fraction of sp³-hybridized carbons (Fsp3) is 0.182. The van der Waals surface area contributed by atoms with Gasteiger partial charge in [0.2, 0.25) is 0 Å². The SMILES string of the molecule is O=C(O)c1cnc(NCCc2ccco2)cn1. The molecule has 0 aliphatic heterocycles. The molecule has 2 aromatic rings. The first kappa shape index (κ1) is 11.1. The van der Waals surface area contributed by atoms with E-state index in [0.717, 1.165) is 12.2 Å². The molecule has 0 saturated carbocycles. The number of rotatable bonds is 5. The second-order valence-electron chi connectivity index (χ2n) is 3.35. The van der Waals surface area contributed by atoms with Gasteiger partial charge in [0, 0.05) is 13.0 Å². The van der Waals surface area contributed by atoms with E-state index in [9.17, 15) is 4.79 Å². The Hall–Kier alpha value is -2.37. The van der Waals surface area contributed by atoms with Crippen LogP contribution in [0.4, 0.5) is 5.82 Å². The summed E-state index contributed by atoms with van der Waals surface area (Å²) in [6.45, 7) is 0.647. The van der Waals surface area contributed by atoms with Gasteiger partial charge in [-0.25, -0.2) is 14.8 Å². The van der Waals surface area contributed by atoms with Crippen LogP contribution in [0.1, 0.15) is 16.2 Å². The molecule has 0 aliphatic carbocycles. The molecule has 2 aromatic heterocycles. The lowest BCUT2D eigenvalue weighted by molar-refractivity contribution is 0.0690. The van der Waals surface area contributed by atoms with Gasteiger partial charge in [0.05, 0.1) is 18.7 Å². The van der Waals surface area contributed by atoms with Crippen LogP contribution in [-0.4, -0.2) is 27.6 Å². The Morgan fingerprint density at radius 1 is 1.41 bits per heavy atom. The van der Waals surface area contributed by atoms with E-state index < -0.39 is 5.97 Å². The molecule has 0 radical (unpaired) electrons. The Kier molecular flexibility index (Phi) is 3.34. The van der Waals surface area contributed by atoms with Crippen LogP contribution >= 0.6 is 0 Å². The normalized spacial score (nSPS) is 10.1. The van der Waals surface area contributed by atoms with Crippen LogP contribution in [0.2, 0.25) is 0 Å². The fourth-order valence-corrected chi connectivity index (χ4v) is 1.30. The predicted molar refractivity (Wildman–Crippen MR) is 59.9 cm³/mol. The van der Waals surface area contributed by atoms with Gasteiger partial charge >= 0.3 is 5.97 Å². The lowest BCUT2D eigenvalue weighted by Gasteiger charge is -2.03. The number of nitrogens with one attached hydrogen (secondary N) is 1. The van der Waals surface area contributed by atoms with Gasteiger partial charge in [-0.3, -0.25) is 0 Å². The van der Waals surface area contributed by atoms with Crippen molar-refractivity contribution in [2.75, 3.05) is 11.9 Å². The Labute approximate surface area is 97.3 Å². The number of anilines is 1. The molecule has 0 unspecified atom stereocenters. The number of aromatic carboxylic acids is 1. The lowest BCUT2D eigenvalue weighted by Crippen LogP contribution is -2.08. The van der Waals surface area contributed by atoms with Crippen molar-refractivity contribution in [3.05, 3.63) is 42.2 Å². The molecule has 2 rings (SSSR count). The van der Waals surface area contributed by atoms with Crippen molar-refractivity contribution in [3.63, 3.8) is 0 Å². The second kappa shape index (κ2) is 5.11. The van der Waals surface area contributed by atoms with Crippen LogP contribution < -0.4 is 5.32 Å². The third-order valence-electron chi connectivity index (χ3n) is 2.13. The van der Waals surface area contributed by atoms with Crippen LogP contribution in [0.15, 0.2) is 35.2 Å². The topological polar surface area (TPSA) is 88.2 Å². The Morgan fingerprint density at radius 2 is 2.29 bits per heavy atom. The van der Waals surface area contributed by atoms with E-state index in [1.54, 1.807) is 6.26 Å². The molecule has 0 aromatic carbocycles. The standard InChI is InChI=1S/C11H11N3O3/c15-11(16)9-6-14-10(7-13-9)12-4-3-8-2-1-5-17-8/h1-2,5-7H,3-4H2,(H,12,14)(H,15,16). The van der Waals surface area contributed by atoms with Gasteiger partial charge < -0.3 is 14.8 Å². The smallest absolute Gasteiger partial charge is 0.356 e. The Balaban J connectivity index is 1.85. The highest BCUT2D eigenvalue weighted by Gasteiger charge is 2.04. The Morgan fingerprint density at radius 3 is 2.88 bits per heavy atom. The molecule has 0 saturated heterocycles. The molecular weight excluding hydrogens is 222 g/mol. The average molecular weight is 233 g/mol. The zero-order chi connectivity index (χ0) is 12.1. The summed E-state index contributed by atoms with van der Waals surface area (Å²) in [5.74, 6) is 0.341. The van der Waals surface area contributed by atoms with E-state index in [4.69, 9.17) is 9.52 Å². The quantitative estimate of drug-likeness (QED) is 0.812. The number of carbonyl (C=O) groups is 1. The minimum Gasteiger partial charge on any atom is -0.476 e. The minimum absolute atomic E-state index is 0.0680. The Bertz CT molecular complexity index is 479. The maximum atomic E-state index is 10.5. The average Bonchev–Trinajstić information content (AvgIpc) is 2.83. The van der Waals surface area contributed by atoms with Gasteiger partial charge in [0.25, 0.3) is 0 Å². The van der Waals surface area contributed by atoms with Crippen molar-refractivity contribution in [1.82, 2.24) is 9.97 Å². The molecule has 88 valence electrons. The molecule has 6 nitrogen and oxygen atoms in total. The summed E-state index contributed by atoms with van der Waals surface area (Å²) in [4.78, 5) is 18.2. The van der Waals surface area contributed by atoms with Gasteiger partial charge in [0.15, 0.2) is 5.69 Å². The van der Waals surface area contributed by atoms with Crippen LogP contribution in [0.25, 0.3) is 0 Å². The monoisotopic (exact) mass is 233 g/mol. The van der Waals surface area contributed by atoms with Gasteiger partial charge in [0.1, 0.15) is 11.6 Å². The van der Waals surface area contributed by atoms with E-state index in [1.807, 2.05) is 12.1 Å². The first-order valence-corrected chi connectivity index (χ1v) is 5.07. The summed E-state index contributed by atoms with van der Waals surface area (Å²) in [6.07, 6.45) is 4.97. The fourth-order valence-electron chi connectivity index (χ4n) is 1.30. The van der Waals surface area contributed by atoms with Crippen LogP contribution in [-0.2, 0) is 6.42 Å². The summed E-state index contributed by atoms with van der Waals surface area (Å²) in [6, 6.07) is 3.72. The van der Waals surface area contributed by atoms with Gasteiger partial charge in [-0.2, -0.15) is 0 Å². The van der Waals surface area contributed by atoms with Crippen molar-refractivity contribution in [2.24, 2.45) is 0 Å². The van der Waals surface area contributed by atoms with Gasteiger partial charge in [-0.1, -0.05) is 0 Å². The highest BCUT2D eigenvalue weighted by Crippen LogP contribution is 2.04. The maximum absolute atomic E-state index is 10.5. The summed E-state index contributed by atoms with van der Waals surface area (Å²) in [7, 11) is 0. The number of hydrogen-bond acceptors (Lipinski definition) is 5. The van der Waals surface area contributed by atoms with E-state index >= 15 is 0 Å². The molecule has 0 atom stereocenters. The molecule has 0 bridgehead atoms. The third-order valence-corrected chi connectivity index (χ3v) is 2.13. The number of nitrogens with zero attached hydrogens (tertiary/aromatic N) is 2. The van der Waals surface area contributed by atoms with Crippen molar-refractivity contribution < 1.29 is 14.3 Å². The molecule has 0 spiro atoms. The number of carboxylic acids is 1. The highest BCUT2D eigenvalue weighted by atomic mass is 16.4. The maximum Gasteiger partial charge on any atom is 0.356 e. The lowest BCUT2D eigenvalue weighted by atomic mass is 10.3. The van der Waals surface area contributed by atoms with Crippen LogP contribution in [0, 0.1) is 0 Å². The molecule has 17 heavy (non-hydrogen) atoms. The predicted octanol–water partition coefficient (Wildman–Crippen LogP) is 1.42. The third kappa shape index (κ3) is 3.04. The highest BCUT2D eigenvalue weighted by molar-refractivity contribution is 5.84. The molecule has 0 fully saturated rings. The summed E-state index contributed by atoms with van der Waals surface area (Å²) < 4.78 is 5.17.